The van der Waals surface area contributed by atoms with Crippen molar-refractivity contribution in [3.63, 3.8) is 0 Å². The summed E-state index contributed by atoms with van der Waals surface area (Å²) in [7, 11) is 0. The van der Waals surface area contributed by atoms with Gasteiger partial charge in [0.1, 0.15) is 11.2 Å². The smallest absolute Gasteiger partial charge is 0.225 e. The van der Waals surface area contributed by atoms with Gasteiger partial charge in [-0.05, 0) is 93.4 Å². The fourth-order valence-electron chi connectivity index (χ4n) is 6.65. The normalized spacial score (nSPS) is 21.2. The third-order valence-electron chi connectivity index (χ3n) is 8.50. The highest BCUT2D eigenvalue weighted by Crippen LogP contribution is 2.47. The van der Waals surface area contributed by atoms with Gasteiger partial charge in [-0.3, -0.25) is 4.79 Å². The Hall–Kier alpha value is -2.67. The Kier molecular flexibility index (Phi) is 6.14. The summed E-state index contributed by atoms with van der Waals surface area (Å²) in [5.41, 5.74) is 7.24. The lowest BCUT2D eigenvalue weighted by Crippen LogP contribution is -2.40. The average molecular weight is 504 g/mol. The number of carbonyl (C=O) groups excluding carboxylic acids is 1. The molecule has 4 aromatic rings. The minimum Gasteiger partial charge on any atom is -0.346 e. The highest BCUT2D eigenvalue weighted by molar-refractivity contribution is 7.19. The summed E-state index contributed by atoms with van der Waals surface area (Å²) >= 11 is 1.94. The third kappa shape index (κ3) is 3.96. The van der Waals surface area contributed by atoms with Crippen LogP contribution in [0, 0.1) is 19.8 Å². The van der Waals surface area contributed by atoms with Crippen molar-refractivity contribution in [2.24, 2.45) is 5.92 Å². The van der Waals surface area contributed by atoms with Gasteiger partial charge in [-0.2, -0.15) is 5.10 Å². The standard InChI is InChI=1S/C29H37N5OS/c1-17(2)23-24-19(4)26(20-8-10-21(11-9-20)29(35)33-12-6-5-7-13-33)36-28(24)32-25(23)22-14-18(3)27-30-16-31-34(27)15-22/h14-17,20-21,32H,5-13H2,1-4H3. The Morgan fingerprint density at radius 2 is 1.86 bits per heavy atom. The maximum atomic E-state index is 13.1. The van der Waals surface area contributed by atoms with Crippen LogP contribution in [0.2, 0.25) is 0 Å². The second-order valence-corrected chi connectivity index (χ2v) is 12.3. The van der Waals surface area contributed by atoms with Gasteiger partial charge in [0.2, 0.25) is 5.91 Å². The molecule has 0 spiro atoms. The number of fused-ring (bicyclic) bond motifs is 2. The number of aromatic nitrogens is 4. The summed E-state index contributed by atoms with van der Waals surface area (Å²) in [4.78, 5) is 26.2. The van der Waals surface area contributed by atoms with Crippen molar-refractivity contribution in [1.29, 1.82) is 0 Å². The van der Waals surface area contributed by atoms with Crippen LogP contribution in [-0.4, -0.2) is 43.5 Å². The Morgan fingerprint density at radius 3 is 2.58 bits per heavy atom. The van der Waals surface area contributed by atoms with E-state index in [1.165, 1.54) is 51.2 Å². The van der Waals surface area contributed by atoms with Gasteiger partial charge in [0, 0.05) is 41.0 Å². The Morgan fingerprint density at radius 1 is 1.11 bits per heavy atom. The molecule has 0 unspecified atom stereocenters. The molecule has 0 aromatic carbocycles. The number of aryl methyl sites for hydroxylation is 2. The van der Waals surface area contributed by atoms with Crippen LogP contribution in [-0.2, 0) is 4.79 Å². The van der Waals surface area contributed by atoms with E-state index in [4.69, 9.17) is 0 Å². The van der Waals surface area contributed by atoms with Crippen molar-refractivity contribution >= 4 is 33.1 Å². The van der Waals surface area contributed by atoms with Gasteiger partial charge in [0.25, 0.3) is 0 Å². The first-order valence-corrected chi connectivity index (χ1v) is 14.5. The molecule has 0 bridgehead atoms. The Labute approximate surface area is 217 Å². The van der Waals surface area contributed by atoms with Crippen LogP contribution < -0.4 is 0 Å². The second kappa shape index (κ2) is 9.33. The molecule has 1 saturated heterocycles. The first kappa shape index (κ1) is 23.7. The van der Waals surface area contributed by atoms with Crippen LogP contribution in [0.15, 0.2) is 18.6 Å². The fraction of sp³-hybridized carbons (Fsp3) is 0.552. The third-order valence-corrected chi connectivity index (χ3v) is 9.87. The van der Waals surface area contributed by atoms with Crippen molar-refractivity contribution in [3.8, 4) is 11.3 Å². The zero-order chi connectivity index (χ0) is 25.0. The van der Waals surface area contributed by atoms with Crippen LogP contribution >= 0.6 is 11.3 Å². The molecule has 1 aliphatic heterocycles. The zero-order valence-electron chi connectivity index (χ0n) is 21.9. The molecule has 1 saturated carbocycles. The molecule has 2 fully saturated rings. The molecule has 1 N–H and O–H groups in total. The highest BCUT2D eigenvalue weighted by Gasteiger charge is 2.33. The Balaban J connectivity index is 1.28. The van der Waals surface area contributed by atoms with E-state index in [0.717, 1.165) is 55.5 Å². The quantitative estimate of drug-likeness (QED) is 0.327. The average Bonchev–Trinajstić information content (AvgIpc) is 3.59. The van der Waals surface area contributed by atoms with Crippen molar-refractivity contribution < 1.29 is 4.79 Å². The Bertz CT molecular complexity index is 1410. The first-order valence-electron chi connectivity index (χ1n) is 13.7. The number of pyridine rings is 1. The lowest BCUT2D eigenvalue weighted by Gasteiger charge is -2.34. The van der Waals surface area contributed by atoms with Gasteiger partial charge in [0.05, 0.1) is 5.69 Å². The zero-order valence-corrected chi connectivity index (χ0v) is 22.7. The number of nitrogens with zero attached hydrogens (tertiary/aromatic N) is 4. The van der Waals surface area contributed by atoms with Gasteiger partial charge in [-0.25, -0.2) is 9.50 Å². The number of carbonyl (C=O) groups is 1. The number of hydrogen-bond donors (Lipinski definition) is 1. The van der Waals surface area contributed by atoms with Crippen LogP contribution in [0.1, 0.15) is 92.2 Å². The van der Waals surface area contributed by atoms with Crippen LogP contribution in [0.3, 0.4) is 0 Å². The number of thiophene rings is 1. The maximum Gasteiger partial charge on any atom is 0.225 e. The SMILES string of the molecule is Cc1c(C2CCC(C(=O)N3CCCCC3)CC2)sc2[nH]c(-c3cc(C)c4ncnn4c3)c(C(C)C)c12. The largest absolute Gasteiger partial charge is 0.346 e. The predicted molar refractivity (Wildman–Crippen MR) is 147 cm³/mol. The molecular weight excluding hydrogens is 466 g/mol. The molecular formula is C29H37N5OS. The van der Waals surface area contributed by atoms with Crippen LogP contribution in [0.25, 0.3) is 27.1 Å². The van der Waals surface area contributed by atoms with E-state index in [1.54, 1.807) is 6.33 Å². The summed E-state index contributed by atoms with van der Waals surface area (Å²) in [6, 6.07) is 2.22. The van der Waals surface area contributed by atoms with E-state index in [2.05, 4.69) is 59.9 Å². The molecule has 7 heteroatoms. The van der Waals surface area contributed by atoms with Crippen molar-refractivity contribution in [2.75, 3.05) is 13.1 Å². The van der Waals surface area contributed by atoms with Gasteiger partial charge in [-0.15, -0.1) is 11.3 Å². The molecule has 0 atom stereocenters. The minimum absolute atomic E-state index is 0.234. The second-order valence-electron chi connectivity index (χ2n) is 11.2. The summed E-state index contributed by atoms with van der Waals surface area (Å²) in [5.74, 6) is 1.63. The molecule has 2 aliphatic rings. The van der Waals surface area contributed by atoms with Gasteiger partial charge in [-0.1, -0.05) is 13.8 Å². The van der Waals surface area contributed by atoms with Crippen LogP contribution in [0.4, 0.5) is 0 Å². The maximum absolute atomic E-state index is 13.1. The van der Waals surface area contributed by atoms with E-state index in [0.29, 0.717) is 17.7 Å². The molecule has 4 aromatic heterocycles. The number of piperidine rings is 1. The summed E-state index contributed by atoms with van der Waals surface area (Å²) in [5, 5.41) is 5.80. The monoisotopic (exact) mass is 503 g/mol. The predicted octanol–water partition coefficient (Wildman–Crippen LogP) is 6.97. The molecule has 190 valence electrons. The van der Waals surface area contributed by atoms with E-state index in [1.807, 2.05) is 15.9 Å². The van der Waals surface area contributed by atoms with Gasteiger partial charge in [0.15, 0.2) is 5.65 Å². The lowest BCUT2D eigenvalue weighted by atomic mass is 9.79. The molecule has 6 nitrogen and oxygen atoms in total. The highest BCUT2D eigenvalue weighted by atomic mass is 32.1. The van der Waals surface area contributed by atoms with Gasteiger partial charge < -0.3 is 9.88 Å². The van der Waals surface area contributed by atoms with Crippen molar-refractivity contribution in [2.45, 2.75) is 84.5 Å². The molecule has 1 aliphatic carbocycles. The lowest BCUT2D eigenvalue weighted by molar-refractivity contribution is -0.137. The number of aromatic amines is 1. The molecule has 5 heterocycles. The van der Waals surface area contributed by atoms with E-state index < -0.39 is 0 Å². The number of rotatable bonds is 4. The number of hydrogen-bond acceptors (Lipinski definition) is 4. The fourth-order valence-corrected chi connectivity index (χ4v) is 8.04. The molecule has 1 amide bonds. The topological polar surface area (TPSA) is 66.3 Å². The number of nitrogens with one attached hydrogen (secondary N) is 1. The molecule has 6 rings (SSSR count). The molecule has 36 heavy (non-hydrogen) atoms. The number of likely N-dealkylation sites (tertiary alicyclic amines) is 1. The van der Waals surface area contributed by atoms with Crippen molar-refractivity contribution in [1.82, 2.24) is 24.5 Å². The minimum atomic E-state index is 0.234. The molecule has 0 radical (unpaired) electrons. The van der Waals surface area contributed by atoms with Gasteiger partial charge >= 0.3 is 0 Å². The number of H-pyrrole nitrogens is 1. The van der Waals surface area contributed by atoms with Crippen LogP contribution in [0.5, 0.6) is 0 Å². The first-order chi connectivity index (χ1) is 17.4. The van der Waals surface area contributed by atoms with E-state index in [9.17, 15) is 4.79 Å². The van der Waals surface area contributed by atoms with Crippen molar-refractivity contribution in [3.05, 3.63) is 40.2 Å². The summed E-state index contributed by atoms with van der Waals surface area (Å²) < 4.78 is 1.88. The summed E-state index contributed by atoms with van der Waals surface area (Å²) in [6.45, 7) is 10.9. The van der Waals surface area contributed by atoms with E-state index >= 15 is 0 Å². The summed E-state index contributed by atoms with van der Waals surface area (Å²) in [6.07, 6.45) is 11.6. The number of amides is 1. The van der Waals surface area contributed by atoms with E-state index in [-0.39, 0.29) is 5.92 Å².